The van der Waals surface area contributed by atoms with Crippen molar-refractivity contribution >= 4 is 29.0 Å². The quantitative estimate of drug-likeness (QED) is 0.805. The van der Waals surface area contributed by atoms with E-state index in [9.17, 15) is 4.79 Å². The number of thiophene rings is 1. The average molecular weight is 336 g/mol. The van der Waals surface area contributed by atoms with Gasteiger partial charge in [0.05, 0.1) is 10.6 Å². The fraction of sp³-hybridized carbons (Fsp3) is 0.533. The van der Waals surface area contributed by atoms with E-state index in [1.807, 2.05) is 34.0 Å². The molecule has 0 bridgehead atoms. The lowest BCUT2D eigenvalue weighted by Gasteiger charge is -2.19. The fourth-order valence-electron chi connectivity index (χ4n) is 2.60. The van der Waals surface area contributed by atoms with E-state index in [0.717, 1.165) is 41.8 Å². The van der Waals surface area contributed by atoms with E-state index in [4.69, 9.17) is 0 Å². The Morgan fingerprint density at radius 3 is 2.73 bits per heavy atom. The zero-order valence-electron chi connectivity index (χ0n) is 12.7. The van der Waals surface area contributed by atoms with Gasteiger partial charge in [0, 0.05) is 20.1 Å². The first-order chi connectivity index (χ1) is 10.8. The lowest BCUT2D eigenvalue weighted by molar-refractivity contribution is -0.128. The van der Waals surface area contributed by atoms with Gasteiger partial charge < -0.3 is 9.47 Å². The van der Waals surface area contributed by atoms with Crippen LogP contribution in [0.25, 0.3) is 10.7 Å². The summed E-state index contributed by atoms with van der Waals surface area (Å²) in [6, 6.07) is 4.04. The van der Waals surface area contributed by atoms with Crippen molar-refractivity contribution in [2.45, 2.75) is 30.8 Å². The maximum absolute atomic E-state index is 12.3. The van der Waals surface area contributed by atoms with Crippen LogP contribution in [0.2, 0.25) is 0 Å². The predicted octanol–water partition coefficient (Wildman–Crippen LogP) is 3.04. The molecule has 1 amide bonds. The predicted molar refractivity (Wildman–Crippen MR) is 90.1 cm³/mol. The molecule has 7 heteroatoms. The van der Waals surface area contributed by atoms with Crippen LogP contribution in [0.1, 0.15) is 25.7 Å². The van der Waals surface area contributed by atoms with E-state index >= 15 is 0 Å². The van der Waals surface area contributed by atoms with E-state index < -0.39 is 0 Å². The molecule has 3 heterocycles. The molecule has 0 aromatic carbocycles. The second-order valence-corrected chi connectivity index (χ2v) is 7.32. The number of carbonyl (C=O) groups is 1. The number of hydrogen-bond acceptors (Lipinski definition) is 5. The number of rotatable bonds is 4. The van der Waals surface area contributed by atoms with Crippen molar-refractivity contribution in [3.05, 3.63) is 17.5 Å². The van der Waals surface area contributed by atoms with Gasteiger partial charge in [0.15, 0.2) is 11.0 Å². The van der Waals surface area contributed by atoms with Crippen LogP contribution < -0.4 is 0 Å². The number of likely N-dealkylation sites (tertiary alicyclic amines) is 1. The smallest absolute Gasteiger partial charge is 0.233 e. The number of thioether (sulfide) groups is 1. The van der Waals surface area contributed by atoms with E-state index in [1.165, 1.54) is 24.6 Å². The third-order valence-electron chi connectivity index (χ3n) is 3.86. The van der Waals surface area contributed by atoms with Gasteiger partial charge in [0.1, 0.15) is 0 Å². The minimum atomic E-state index is 0.215. The molecule has 1 aliphatic heterocycles. The topological polar surface area (TPSA) is 51.0 Å². The monoisotopic (exact) mass is 336 g/mol. The summed E-state index contributed by atoms with van der Waals surface area (Å²) in [6.07, 6.45) is 4.74. The highest BCUT2D eigenvalue weighted by molar-refractivity contribution is 7.99. The number of nitrogens with zero attached hydrogens (tertiary/aromatic N) is 4. The Labute approximate surface area is 138 Å². The molecule has 22 heavy (non-hydrogen) atoms. The van der Waals surface area contributed by atoms with Crippen LogP contribution in [-0.2, 0) is 11.8 Å². The molecule has 0 aliphatic carbocycles. The molecule has 2 aromatic rings. The van der Waals surface area contributed by atoms with Gasteiger partial charge in [0.2, 0.25) is 5.91 Å². The molecule has 0 radical (unpaired) electrons. The number of amides is 1. The molecule has 1 fully saturated rings. The lowest BCUT2D eigenvalue weighted by atomic mass is 10.2. The highest BCUT2D eigenvalue weighted by Gasteiger charge is 2.18. The van der Waals surface area contributed by atoms with Crippen LogP contribution in [0.5, 0.6) is 0 Å². The molecular formula is C15H20N4OS2. The summed E-state index contributed by atoms with van der Waals surface area (Å²) in [6.45, 7) is 1.80. The highest BCUT2D eigenvalue weighted by atomic mass is 32.2. The van der Waals surface area contributed by atoms with Crippen LogP contribution in [0.4, 0.5) is 0 Å². The Kier molecular flexibility index (Phi) is 5.15. The van der Waals surface area contributed by atoms with Crippen LogP contribution in [-0.4, -0.2) is 44.4 Å². The van der Waals surface area contributed by atoms with Crippen molar-refractivity contribution in [3.8, 4) is 10.7 Å². The number of aromatic nitrogens is 3. The SMILES string of the molecule is Cn1c(SCC(=O)N2CCCCCC2)nnc1-c1cccs1. The van der Waals surface area contributed by atoms with Gasteiger partial charge in [-0.05, 0) is 24.3 Å². The standard InChI is InChI=1S/C15H20N4OS2/c1-18-14(12-7-6-10-21-12)16-17-15(18)22-11-13(20)19-8-4-2-3-5-9-19/h6-7,10H,2-5,8-9,11H2,1H3. The van der Waals surface area contributed by atoms with Gasteiger partial charge in [-0.25, -0.2) is 0 Å². The Balaban J connectivity index is 1.60. The Morgan fingerprint density at radius 1 is 1.27 bits per heavy atom. The van der Waals surface area contributed by atoms with Crippen molar-refractivity contribution in [2.75, 3.05) is 18.8 Å². The fourth-order valence-corrected chi connectivity index (χ4v) is 4.16. The van der Waals surface area contributed by atoms with Crippen molar-refractivity contribution in [1.82, 2.24) is 19.7 Å². The largest absolute Gasteiger partial charge is 0.342 e. The van der Waals surface area contributed by atoms with Crippen molar-refractivity contribution in [2.24, 2.45) is 7.05 Å². The molecule has 0 spiro atoms. The maximum Gasteiger partial charge on any atom is 0.233 e. The molecule has 2 aromatic heterocycles. The zero-order valence-corrected chi connectivity index (χ0v) is 14.3. The maximum atomic E-state index is 12.3. The lowest BCUT2D eigenvalue weighted by Crippen LogP contribution is -2.33. The molecule has 0 N–H and O–H groups in total. The Hall–Kier alpha value is -1.34. The molecular weight excluding hydrogens is 316 g/mol. The van der Waals surface area contributed by atoms with Gasteiger partial charge in [-0.3, -0.25) is 4.79 Å². The summed E-state index contributed by atoms with van der Waals surface area (Å²) in [4.78, 5) is 15.4. The van der Waals surface area contributed by atoms with Crippen LogP contribution in [0.3, 0.4) is 0 Å². The van der Waals surface area contributed by atoms with Crippen molar-refractivity contribution < 1.29 is 4.79 Å². The molecule has 1 saturated heterocycles. The van der Waals surface area contributed by atoms with Gasteiger partial charge in [-0.1, -0.05) is 30.7 Å². The molecule has 0 unspecified atom stereocenters. The minimum Gasteiger partial charge on any atom is -0.342 e. The highest BCUT2D eigenvalue weighted by Crippen LogP contribution is 2.26. The molecule has 0 saturated carbocycles. The Morgan fingerprint density at radius 2 is 2.05 bits per heavy atom. The molecule has 0 atom stereocenters. The summed E-state index contributed by atoms with van der Waals surface area (Å²) >= 11 is 3.12. The van der Waals surface area contributed by atoms with Crippen LogP contribution in [0, 0.1) is 0 Å². The normalized spacial score (nSPS) is 15.8. The van der Waals surface area contributed by atoms with Gasteiger partial charge in [0.25, 0.3) is 0 Å². The van der Waals surface area contributed by atoms with Gasteiger partial charge >= 0.3 is 0 Å². The second kappa shape index (κ2) is 7.28. The zero-order chi connectivity index (χ0) is 15.4. The molecule has 5 nitrogen and oxygen atoms in total. The van der Waals surface area contributed by atoms with E-state index in [-0.39, 0.29) is 5.91 Å². The third kappa shape index (κ3) is 3.52. The average Bonchev–Trinajstić information content (AvgIpc) is 3.07. The minimum absolute atomic E-state index is 0.215. The van der Waals surface area contributed by atoms with Crippen LogP contribution in [0.15, 0.2) is 22.7 Å². The summed E-state index contributed by atoms with van der Waals surface area (Å²) in [5, 5.41) is 11.3. The van der Waals surface area contributed by atoms with E-state index in [1.54, 1.807) is 11.3 Å². The molecule has 3 rings (SSSR count). The van der Waals surface area contributed by atoms with E-state index in [2.05, 4.69) is 10.2 Å². The summed E-state index contributed by atoms with van der Waals surface area (Å²) < 4.78 is 1.96. The number of carbonyl (C=O) groups excluding carboxylic acids is 1. The van der Waals surface area contributed by atoms with Crippen LogP contribution >= 0.6 is 23.1 Å². The first kappa shape index (κ1) is 15.6. The first-order valence-corrected chi connectivity index (χ1v) is 9.46. The Bertz CT molecular complexity index is 616. The number of hydrogen-bond donors (Lipinski definition) is 0. The second-order valence-electron chi connectivity index (χ2n) is 5.43. The van der Waals surface area contributed by atoms with Gasteiger partial charge in [-0.15, -0.1) is 21.5 Å². The summed E-state index contributed by atoms with van der Waals surface area (Å²) in [7, 11) is 1.95. The third-order valence-corrected chi connectivity index (χ3v) is 5.73. The molecule has 118 valence electrons. The summed E-state index contributed by atoms with van der Waals surface area (Å²) in [5.74, 6) is 1.52. The first-order valence-electron chi connectivity index (χ1n) is 7.59. The van der Waals surface area contributed by atoms with Gasteiger partial charge in [-0.2, -0.15) is 0 Å². The van der Waals surface area contributed by atoms with E-state index in [0.29, 0.717) is 5.75 Å². The van der Waals surface area contributed by atoms with Crippen molar-refractivity contribution in [1.29, 1.82) is 0 Å². The molecule has 1 aliphatic rings. The van der Waals surface area contributed by atoms with Crippen molar-refractivity contribution in [3.63, 3.8) is 0 Å². The summed E-state index contributed by atoms with van der Waals surface area (Å²) in [5.41, 5.74) is 0.